The van der Waals surface area contributed by atoms with Crippen LogP contribution in [0.15, 0.2) is 12.4 Å². The summed E-state index contributed by atoms with van der Waals surface area (Å²) in [5, 5.41) is 0. The molecule has 1 aliphatic heterocycles. The molecular weight excluding hydrogens is 218 g/mol. The van der Waals surface area contributed by atoms with E-state index >= 15 is 0 Å². The second-order valence-corrected chi connectivity index (χ2v) is 4.43. The van der Waals surface area contributed by atoms with E-state index in [1.165, 1.54) is 18.8 Å². The SMILES string of the molecule is CC1CCCN(C(=O)c2cnc(NN)cn2)C1. The normalized spacial score (nSPS) is 20.1. The summed E-state index contributed by atoms with van der Waals surface area (Å²) < 4.78 is 0. The minimum atomic E-state index is -0.0485. The highest BCUT2D eigenvalue weighted by Gasteiger charge is 2.22. The Bertz CT molecular complexity index is 391. The van der Waals surface area contributed by atoms with E-state index in [-0.39, 0.29) is 5.91 Å². The monoisotopic (exact) mass is 235 g/mol. The van der Waals surface area contributed by atoms with Crippen molar-refractivity contribution in [1.29, 1.82) is 0 Å². The smallest absolute Gasteiger partial charge is 0.274 e. The second kappa shape index (κ2) is 5.09. The Morgan fingerprint density at radius 3 is 2.94 bits per heavy atom. The Morgan fingerprint density at radius 2 is 2.35 bits per heavy atom. The molecular formula is C11H17N5O. The number of hydrazine groups is 1. The van der Waals surface area contributed by atoms with E-state index in [1.54, 1.807) is 0 Å². The van der Waals surface area contributed by atoms with Gasteiger partial charge in [0.15, 0.2) is 5.82 Å². The van der Waals surface area contributed by atoms with E-state index in [0.29, 0.717) is 17.4 Å². The number of nitrogen functional groups attached to an aromatic ring is 1. The van der Waals surface area contributed by atoms with E-state index in [4.69, 9.17) is 5.84 Å². The van der Waals surface area contributed by atoms with Crippen molar-refractivity contribution < 1.29 is 4.79 Å². The number of carbonyl (C=O) groups excluding carboxylic acids is 1. The third kappa shape index (κ3) is 2.71. The molecule has 1 saturated heterocycles. The van der Waals surface area contributed by atoms with Gasteiger partial charge < -0.3 is 10.3 Å². The molecule has 92 valence electrons. The number of rotatable bonds is 2. The van der Waals surface area contributed by atoms with Crippen LogP contribution in [0.5, 0.6) is 0 Å². The van der Waals surface area contributed by atoms with Crippen LogP contribution in [0, 0.1) is 5.92 Å². The van der Waals surface area contributed by atoms with E-state index < -0.39 is 0 Å². The average molecular weight is 235 g/mol. The molecule has 6 heteroatoms. The first-order valence-electron chi connectivity index (χ1n) is 5.78. The fraction of sp³-hybridized carbons (Fsp3) is 0.545. The van der Waals surface area contributed by atoms with Crippen LogP contribution < -0.4 is 11.3 Å². The van der Waals surface area contributed by atoms with Gasteiger partial charge in [-0.05, 0) is 18.8 Å². The number of likely N-dealkylation sites (tertiary alicyclic amines) is 1. The predicted octanol–water partition coefficient (Wildman–Crippen LogP) is 0.634. The number of nitrogens with two attached hydrogens (primary N) is 1. The number of piperidine rings is 1. The molecule has 2 rings (SSSR count). The van der Waals surface area contributed by atoms with Crippen LogP contribution in [0.1, 0.15) is 30.3 Å². The molecule has 0 saturated carbocycles. The van der Waals surface area contributed by atoms with Crippen molar-refractivity contribution in [3.8, 4) is 0 Å². The summed E-state index contributed by atoms with van der Waals surface area (Å²) in [6.07, 6.45) is 5.16. The van der Waals surface area contributed by atoms with Crippen LogP contribution in [0.4, 0.5) is 5.82 Å². The zero-order valence-corrected chi connectivity index (χ0v) is 9.89. The Hall–Kier alpha value is -1.69. The van der Waals surface area contributed by atoms with Crippen molar-refractivity contribution in [1.82, 2.24) is 14.9 Å². The molecule has 1 aromatic rings. The Kier molecular flexibility index (Phi) is 3.53. The molecule has 17 heavy (non-hydrogen) atoms. The zero-order chi connectivity index (χ0) is 12.3. The van der Waals surface area contributed by atoms with Gasteiger partial charge in [-0.15, -0.1) is 0 Å². The second-order valence-electron chi connectivity index (χ2n) is 4.43. The fourth-order valence-corrected chi connectivity index (χ4v) is 2.05. The first-order valence-corrected chi connectivity index (χ1v) is 5.78. The lowest BCUT2D eigenvalue weighted by molar-refractivity contribution is 0.0676. The molecule has 3 N–H and O–H groups in total. The molecule has 0 bridgehead atoms. The van der Waals surface area contributed by atoms with Crippen molar-refractivity contribution in [2.45, 2.75) is 19.8 Å². The highest BCUT2D eigenvalue weighted by Crippen LogP contribution is 2.17. The first-order chi connectivity index (χ1) is 8.20. The lowest BCUT2D eigenvalue weighted by Crippen LogP contribution is -2.39. The number of carbonyl (C=O) groups is 1. The standard InChI is InChI=1S/C11H17N5O/c1-8-3-2-4-16(7-8)11(17)9-5-14-10(15-12)6-13-9/h5-6,8H,2-4,7,12H2,1H3,(H,14,15). The highest BCUT2D eigenvalue weighted by molar-refractivity contribution is 5.92. The van der Waals surface area contributed by atoms with Crippen molar-refractivity contribution >= 4 is 11.7 Å². The molecule has 0 aliphatic carbocycles. The molecule has 2 heterocycles. The Labute approximate surface area is 100 Å². The number of hydrogen-bond donors (Lipinski definition) is 2. The van der Waals surface area contributed by atoms with Gasteiger partial charge in [-0.3, -0.25) is 4.79 Å². The molecule has 0 aromatic carbocycles. The summed E-state index contributed by atoms with van der Waals surface area (Å²) >= 11 is 0. The van der Waals surface area contributed by atoms with Crippen LogP contribution in [-0.4, -0.2) is 33.9 Å². The predicted molar refractivity (Wildman–Crippen MR) is 64.1 cm³/mol. The number of nitrogens with one attached hydrogen (secondary N) is 1. The van der Waals surface area contributed by atoms with E-state index in [9.17, 15) is 4.79 Å². The number of nitrogens with zero attached hydrogens (tertiary/aromatic N) is 3. The van der Waals surface area contributed by atoms with Gasteiger partial charge in [0.05, 0.1) is 12.4 Å². The third-order valence-corrected chi connectivity index (χ3v) is 2.96. The van der Waals surface area contributed by atoms with Crippen LogP contribution in [-0.2, 0) is 0 Å². The summed E-state index contributed by atoms with van der Waals surface area (Å²) in [5.74, 6) is 6.15. The number of aromatic nitrogens is 2. The quantitative estimate of drug-likeness (QED) is 0.580. The van der Waals surface area contributed by atoms with Gasteiger partial charge in [0.25, 0.3) is 5.91 Å². The maximum Gasteiger partial charge on any atom is 0.274 e. The molecule has 6 nitrogen and oxygen atoms in total. The van der Waals surface area contributed by atoms with Crippen LogP contribution in [0.2, 0.25) is 0 Å². The Balaban J connectivity index is 2.07. The van der Waals surface area contributed by atoms with Gasteiger partial charge >= 0.3 is 0 Å². The van der Waals surface area contributed by atoms with E-state index in [1.807, 2.05) is 4.90 Å². The molecule has 0 spiro atoms. The topological polar surface area (TPSA) is 84.1 Å². The summed E-state index contributed by atoms with van der Waals surface area (Å²) in [5.41, 5.74) is 2.75. The molecule has 1 aliphatic rings. The van der Waals surface area contributed by atoms with Crippen LogP contribution in [0.3, 0.4) is 0 Å². The van der Waals surface area contributed by atoms with Crippen molar-refractivity contribution in [3.05, 3.63) is 18.1 Å². The largest absolute Gasteiger partial charge is 0.337 e. The summed E-state index contributed by atoms with van der Waals surface area (Å²) in [7, 11) is 0. The third-order valence-electron chi connectivity index (χ3n) is 2.96. The lowest BCUT2D eigenvalue weighted by atomic mass is 10.0. The van der Waals surface area contributed by atoms with Crippen molar-refractivity contribution in [2.75, 3.05) is 18.5 Å². The van der Waals surface area contributed by atoms with Gasteiger partial charge in [0.2, 0.25) is 0 Å². The minimum absolute atomic E-state index is 0.0485. The van der Waals surface area contributed by atoms with E-state index in [2.05, 4.69) is 22.3 Å². The summed E-state index contributed by atoms with van der Waals surface area (Å²) in [6, 6.07) is 0. The van der Waals surface area contributed by atoms with Gasteiger partial charge in [-0.25, -0.2) is 15.8 Å². The van der Waals surface area contributed by atoms with Crippen molar-refractivity contribution in [2.24, 2.45) is 11.8 Å². The van der Waals surface area contributed by atoms with Gasteiger partial charge in [0.1, 0.15) is 5.69 Å². The maximum absolute atomic E-state index is 12.1. The Morgan fingerprint density at radius 1 is 1.53 bits per heavy atom. The first kappa shape index (κ1) is 11.8. The van der Waals surface area contributed by atoms with E-state index in [0.717, 1.165) is 19.5 Å². The molecule has 1 atom stereocenters. The van der Waals surface area contributed by atoms with Crippen molar-refractivity contribution in [3.63, 3.8) is 0 Å². The summed E-state index contributed by atoms with van der Waals surface area (Å²) in [4.78, 5) is 22.0. The molecule has 1 fully saturated rings. The minimum Gasteiger partial charge on any atom is -0.337 e. The zero-order valence-electron chi connectivity index (χ0n) is 9.89. The molecule has 0 radical (unpaired) electrons. The number of anilines is 1. The van der Waals surface area contributed by atoms with Gasteiger partial charge in [-0.2, -0.15) is 0 Å². The molecule has 1 unspecified atom stereocenters. The highest BCUT2D eigenvalue weighted by atomic mass is 16.2. The average Bonchev–Trinajstić information content (AvgIpc) is 2.38. The van der Waals surface area contributed by atoms with Crippen LogP contribution in [0.25, 0.3) is 0 Å². The summed E-state index contributed by atoms with van der Waals surface area (Å²) in [6.45, 7) is 3.77. The molecule has 1 amide bonds. The lowest BCUT2D eigenvalue weighted by Gasteiger charge is -2.30. The number of amides is 1. The van der Waals surface area contributed by atoms with Gasteiger partial charge in [0, 0.05) is 13.1 Å². The van der Waals surface area contributed by atoms with Gasteiger partial charge in [-0.1, -0.05) is 6.92 Å². The van der Waals surface area contributed by atoms with Crippen LogP contribution >= 0.6 is 0 Å². The number of hydrogen-bond acceptors (Lipinski definition) is 5. The fourth-order valence-electron chi connectivity index (χ4n) is 2.05. The molecule has 1 aromatic heterocycles. The maximum atomic E-state index is 12.1.